The van der Waals surface area contributed by atoms with Crippen LogP contribution >= 0.6 is 22.9 Å². The minimum Gasteiger partial charge on any atom is -0.550 e. The lowest BCUT2D eigenvalue weighted by atomic mass is 10.2. The Labute approximate surface area is 165 Å². The molecule has 4 aromatic rings. The van der Waals surface area contributed by atoms with Crippen LogP contribution in [0.3, 0.4) is 0 Å². The smallest absolute Gasteiger partial charge is 0.416 e. The summed E-state index contributed by atoms with van der Waals surface area (Å²) >= 11 is 7.25. The van der Waals surface area contributed by atoms with E-state index >= 15 is 0 Å². The third-order valence-corrected chi connectivity index (χ3v) is 5.40. The van der Waals surface area contributed by atoms with E-state index in [1.54, 1.807) is 22.9 Å². The Hall–Kier alpha value is -2.65. The molecule has 2 aromatic carbocycles. The summed E-state index contributed by atoms with van der Waals surface area (Å²) in [5, 5.41) is 16.9. The molecule has 0 aliphatic carbocycles. The number of carboxylic acids is 1. The number of alkyl halides is 3. The van der Waals surface area contributed by atoms with Crippen molar-refractivity contribution >= 4 is 50.0 Å². The van der Waals surface area contributed by atoms with Gasteiger partial charge in [-0.2, -0.15) is 18.3 Å². The molecule has 144 valence electrons. The SMILES string of the molecule is O=C([O-])Cc1nn(Cc2nc3cc(C(F)(F)F)ccc3s2)c2ccc(Cl)cc12. The highest BCUT2D eigenvalue weighted by molar-refractivity contribution is 7.18. The Kier molecular flexibility index (Phi) is 4.51. The number of aromatic nitrogens is 3. The van der Waals surface area contributed by atoms with Crippen LogP contribution in [-0.2, 0) is 23.9 Å². The average Bonchev–Trinajstić information content (AvgIpc) is 3.14. The molecule has 0 spiro atoms. The summed E-state index contributed by atoms with van der Waals surface area (Å²) in [5.41, 5.74) is 0.449. The predicted octanol–water partition coefficient (Wildman–Crippen LogP) is 3.66. The highest BCUT2D eigenvalue weighted by atomic mass is 35.5. The van der Waals surface area contributed by atoms with Crippen molar-refractivity contribution < 1.29 is 23.1 Å². The summed E-state index contributed by atoms with van der Waals surface area (Å²) in [6, 6.07) is 8.40. The van der Waals surface area contributed by atoms with E-state index in [2.05, 4.69) is 10.1 Å². The van der Waals surface area contributed by atoms with Gasteiger partial charge in [-0.1, -0.05) is 11.6 Å². The molecule has 0 radical (unpaired) electrons. The number of hydrogen-bond acceptors (Lipinski definition) is 5. The van der Waals surface area contributed by atoms with Crippen LogP contribution < -0.4 is 5.11 Å². The largest absolute Gasteiger partial charge is 0.550 e. The van der Waals surface area contributed by atoms with Gasteiger partial charge in [-0.05, 0) is 36.4 Å². The standard InChI is InChI=1S/C18H11ClF3N3O2S/c19-10-2-3-14-11(6-10)12(7-17(26)27)24-25(14)8-16-23-13-5-9(18(20,21)22)1-4-15(13)28-16/h1-6H,7-8H2,(H,26,27)/p-1. The lowest BCUT2D eigenvalue weighted by Gasteiger charge is -2.04. The number of carbonyl (C=O) groups excluding carboxylic acids is 1. The zero-order chi connectivity index (χ0) is 20.1. The Morgan fingerprint density at radius 2 is 2.00 bits per heavy atom. The molecule has 0 saturated heterocycles. The molecule has 0 aliphatic heterocycles. The van der Waals surface area contributed by atoms with Gasteiger partial charge in [0.25, 0.3) is 0 Å². The molecule has 0 unspecified atom stereocenters. The van der Waals surface area contributed by atoms with Crippen LogP contribution in [0.25, 0.3) is 21.1 Å². The number of fused-ring (bicyclic) bond motifs is 2. The number of rotatable bonds is 4. The van der Waals surface area contributed by atoms with Gasteiger partial charge < -0.3 is 9.90 Å². The van der Waals surface area contributed by atoms with Gasteiger partial charge in [-0.3, -0.25) is 4.68 Å². The summed E-state index contributed by atoms with van der Waals surface area (Å²) in [6.07, 6.45) is -4.81. The van der Waals surface area contributed by atoms with Crippen molar-refractivity contribution in [3.05, 3.63) is 57.7 Å². The summed E-state index contributed by atoms with van der Waals surface area (Å²) < 4.78 is 40.8. The quantitative estimate of drug-likeness (QED) is 0.501. The number of halogens is 4. The maximum atomic E-state index is 12.9. The fourth-order valence-corrected chi connectivity index (χ4v) is 4.05. The molecule has 0 saturated carbocycles. The molecule has 2 aromatic heterocycles. The molecule has 4 rings (SSSR count). The lowest BCUT2D eigenvalue weighted by Crippen LogP contribution is -2.24. The van der Waals surface area contributed by atoms with E-state index in [0.717, 1.165) is 12.1 Å². The third-order valence-electron chi connectivity index (χ3n) is 4.15. The maximum absolute atomic E-state index is 12.9. The summed E-state index contributed by atoms with van der Waals surface area (Å²) in [6.45, 7) is 0.186. The van der Waals surface area contributed by atoms with Gasteiger partial charge in [0.2, 0.25) is 0 Å². The molecule has 0 atom stereocenters. The van der Waals surface area contributed by atoms with Crippen LogP contribution in [0, 0.1) is 0 Å². The molecule has 0 bridgehead atoms. The van der Waals surface area contributed by atoms with E-state index in [4.69, 9.17) is 11.6 Å². The Balaban J connectivity index is 1.74. The van der Waals surface area contributed by atoms with Crippen LogP contribution in [0.1, 0.15) is 16.3 Å². The van der Waals surface area contributed by atoms with E-state index in [-0.39, 0.29) is 18.5 Å². The van der Waals surface area contributed by atoms with Crippen molar-refractivity contribution in [1.82, 2.24) is 14.8 Å². The van der Waals surface area contributed by atoms with Crippen molar-refractivity contribution in [3.8, 4) is 0 Å². The average molecular weight is 425 g/mol. The monoisotopic (exact) mass is 424 g/mol. The number of aliphatic carboxylic acids is 1. The minimum absolute atomic E-state index is 0.186. The predicted molar refractivity (Wildman–Crippen MR) is 97.2 cm³/mol. The van der Waals surface area contributed by atoms with Crippen molar-refractivity contribution in [2.24, 2.45) is 0 Å². The number of thiazole rings is 1. The number of carboxylic acid groups (broad SMARTS) is 1. The second-order valence-corrected chi connectivity index (χ2v) is 7.65. The first-order chi connectivity index (χ1) is 13.2. The third kappa shape index (κ3) is 3.55. The first-order valence-electron chi connectivity index (χ1n) is 8.02. The highest BCUT2D eigenvalue weighted by Crippen LogP contribution is 2.33. The fraction of sp³-hybridized carbons (Fsp3) is 0.167. The highest BCUT2D eigenvalue weighted by Gasteiger charge is 2.30. The van der Waals surface area contributed by atoms with Crippen molar-refractivity contribution in [1.29, 1.82) is 0 Å². The first-order valence-corrected chi connectivity index (χ1v) is 9.21. The first kappa shape index (κ1) is 18.7. The molecular weight excluding hydrogens is 415 g/mol. The summed E-state index contributed by atoms with van der Waals surface area (Å²) in [7, 11) is 0. The van der Waals surface area contributed by atoms with Crippen LogP contribution in [0.2, 0.25) is 5.02 Å². The topological polar surface area (TPSA) is 70.8 Å². The zero-order valence-electron chi connectivity index (χ0n) is 14.0. The van der Waals surface area contributed by atoms with E-state index < -0.39 is 17.7 Å². The Bertz CT molecular complexity index is 1220. The van der Waals surface area contributed by atoms with Gasteiger partial charge in [-0.25, -0.2) is 4.98 Å². The number of carbonyl (C=O) groups is 1. The molecule has 0 aliphatic rings. The Morgan fingerprint density at radius 1 is 1.21 bits per heavy atom. The molecular formula is C18H10ClF3N3O2S-. The van der Waals surface area contributed by atoms with E-state index in [1.807, 2.05) is 0 Å². The fourth-order valence-electron chi connectivity index (χ4n) is 2.95. The normalized spacial score (nSPS) is 12.1. The van der Waals surface area contributed by atoms with Gasteiger partial charge in [0.15, 0.2) is 0 Å². The Morgan fingerprint density at radius 3 is 2.71 bits per heavy atom. The molecule has 2 heterocycles. The molecule has 0 fully saturated rings. The number of hydrogen-bond donors (Lipinski definition) is 0. The van der Waals surface area contributed by atoms with Crippen molar-refractivity contribution in [2.45, 2.75) is 19.1 Å². The second-order valence-electron chi connectivity index (χ2n) is 6.10. The molecule has 0 N–H and O–H groups in total. The van der Waals surface area contributed by atoms with E-state index in [9.17, 15) is 23.1 Å². The van der Waals surface area contributed by atoms with Gasteiger partial charge >= 0.3 is 6.18 Å². The summed E-state index contributed by atoms with van der Waals surface area (Å²) in [4.78, 5) is 15.3. The zero-order valence-corrected chi connectivity index (χ0v) is 15.5. The van der Waals surface area contributed by atoms with Crippen molar-refractivity contribution in [2.75, 3.05) is 0 Å². The minimum atomic E-state index is -4.44. The van der Waals surface area contributed by atoms with Crippen LogP contribution in [0.4, 0.5) is 13.2 Å². The van der Waals surface area contributed by atoms with Gasteiger partial charge in [0, 0.05) is 22.8 Å². The molecule has 5 nitrogen and oxygen atoms in total. The lowest BCUT2D eigenvalue weighted by molar-refractivity contribution is -0.304. The van der Waals surface area contributed by atoms with Crippen LogP contribution in [0.15, 0.2) is 36.4 Å². The van der Waals surface area contributed by atoms with Gasteiger partial charge in [0.05, 0.1) is 33.5 Å². The van der Waals surface area contributed by atoms with Crippen molar-refractivity contribution in [3.63, 3.8) is 0 Å². The second kappa shape index (κ2) is 6.75. The molecule has 28 heavy (non-hydrogen) atoms. The van der Waals surface area contributed by atoms with E-state index in [0.29, 0.717) is 31.3 Å². The van der Waals surface area contributed by atoms with Gasteiger partial charge in [-0.15, -0.1) is 11.3 Å². The molecule has 10 heteroatoms. The van der Waals surface area contributed by atoms with Gasteiger partial charge in [0.1, 0.15) is 5.01 Å². The number of nitrogens with zero attached hydrogens (tertiary/aromatic N) is 3. The van der Waals surface area contributed by atoms with E-state index in [1.165, 1.54) is 17.4 Å². The van der Waals surface area contributed by atoms with Crippen LogP contribution in [0.5, 0.6) is 0 Å². The number of benzene rings is 2. The van der Waals surface area contributed by atoms with Crippen LogP contribution in [-0.4, -0.2) is 20.7 Å². The summed E-state index contributed by atoms with van der Waals surface area (Å²) in [5.74, 6) is -1.27. The maximum Gasteiger partial charge on any atom is 0.416 e. The molecule has 0 amide bonds.